The molecule has 0 fully saturated rings. The van der Waals surface area contributed by atoms with E-state index in [1.165, 1.54) is 0 Å². The Morgan fingerprint density at radius 2 is 2.23 bits per heavy atom. The van der Waals surface area contributed by atoms with Gasteiger partial charge in [-0.25, -0.2) is 0 Å². The van der Waals surface area contributed by atoms with E-state index < -0.39 is 0 Å². The van der Waals surface area contributed by atoms with E-state index >= 15 is 0 Å². The molecule has 0 unspecified atom stereocenters. The Morgan fingerprint density at radius 1 is 1.38 bits per heavy atom. The average Bonchev–Trinajstić information content (AvgIpc) is 2.58. The molecule has 0 atom stereocenters. The van der Waals surface area contributed by atoms with Gasteiger partial charge < -0.3 is 4.52 Å². The molecule has 1 aromatic heterocycles. The van der Waals surface area contributed by atoms with E-state index in [2.05, 4.69) is 11.2 Å². The van der Waals surface area contributed by atoms with Crippen LogP contribution in [0.1, 0.15) is 12.1 Å². The van der Waals surface area contributed by atoms with Crippen molar-refractivity contribution in [1.29, 1.82) is 5.26 Å². The molecule has 0 saturated heterocycles. The minimum atomic E-state index is 0.483. The third-order valence-corrected chi connectivity index (χ3v) is 1.93. The van der Waals surface area contributed by atoms with Gasteiger partial charge in [-0.1, -0.05) is 17.3 Å². The molecule has 1 aromatic carbocycles. The highest BCUT2D eigenvalue weighted by molar-refractivity contribution is 5.79. The lowest BCUT2D eigenvalue weighted by Crippen LogP contribution is -1.83. The maximum absolute atomic E-state index is 8.43. The van der Waals surface area contributed by atoms with Gasteiger partial charge in [0.15, 0.2) is 5.58 Å². The van der Waals surface area contributed by atoms with Crippen LogP contribution in [-0.2, 0) is 6.42 Å². The topological polar surface area (TPSA) is 49.8 Å². The Labute approximate surface area is 75.6 Å². The zero-order valence-corrected chi connectivity index (χ0v) is 7.03. The zero-order valence-electron chi connectivity index (χ0n) is 7.03. The van der Waals surface area contributed by atoms with Crippen LogP contribution in [0, 0.1) is 11.3 Å². The number of nitrogens with zero attached hydrogens (tertiary/aromatic N) is 2. The van der Waals surface area contributed by atoms with Crippen LogP contribution in [0.4, 0.5) is 0 Å². The normalized spacial score (nSPS) is 10.1. The summed E-state index contributed by atoms with van der Waals surface area (Å²) >= 11 is 0. The number of aryl methyl sites for hydroxylation is 1. The van der Waals surface area contributed by atoms with E-state index in [0.717, 1.165) is 16.7 Å². The summed E-state index contributed by atoms with van der Waals surface area (Å²) < 4.78 is 5.09. The quantitative estimate of drug-likeness (QED) is 0.698. The molecule has 1 heterocycles. The van der Waals surface area contributed by atoms with Crippen molar-refractivity contribution in [3.05, 3.63) is 30.0 Å². The monoisotopic (exact) mass is 172 g/mol. The fraction of sp³-hybridized carbons (Fsp3) is 0.200. The molecule has 2 aromatic rings. The van der Waals surface area contributed by atoms with Gasteiger partial charge in [-0.05, 0) is 12.1 Å². The predicted molar refractivity (Wildman–Crippen MR) is 47.9 cm³/mol. The van der Waals surface area contributed by atoms with Gasteiger partial charge in [-0.15, -0.1) is 0 Å². The van der Waals surface area contributed by atoms with Gasteiger partial charge >= 0.3 is 0 Å². The Balaban J connectivity index is 2.41. The standard InChI is InChI=1S/C10H8N2O/c11-7-3-5-9-8-4-1-2-6-10(8)13-12-9/h1-2,4,6H,3,5H2. The van der Waals surface area contributed by atoms with Crippen molar-refractivity contribution in [2.24, 2.45) is 0 Å². The number of rotatable bonds is 2. The molecule has 0 aliphatic heterocycles. The summed E-state index contributed by atoms with van der Waals surface area (Å²) in [4.78, 5) is 0. The van der Waals surface area contributed by atoms with Crippen LogP contribution < -0.4 is 0 Å². The second-order valence-electron chi connectivity index (χ2n) is 2.78. The van der Waals surface area contributed by atoms with Gasteiger partial charge in [0.2, 0.25) is 0 Å². The number of hydrogen-bond donors (Lipinski definition) is 0. The van der Waals surface area contributed by atoms with E-state index in [0.29, 0.717) is 12.8 Å². The van der Waals surface area contributed by atoms with E-state index in [1.54, 1.807) is 0 Å². The van der Waals surface area contributed by atoms with Crippen LogP contribution in [0.2, 0.25) is 0 Å². The van der Waals surface area contributed by atoms with Crippen molar-refractivity contribution < 1.29 is 4.52 Å². The Bertz CT molecular complexity index is 453. The highest BCUT2D eigenvalue weighted by atomic mass is 16.5. The van der Waals surface area contributed by atoms with Crippen molar-refractivity contribution in [1.82, 2.24) is 5.16 Å². The van der Waals surface area contributed by atoms with Gasteiger partial charge in [-0.2, -0.15) is 5.26 Å². The second kappa shape index (κ2) is 3.28. The molecule has 3 nitrogen and oxygen atoms in total. The lowest BCUT2D eigenvalue weighted by Gasteiger charge is -1.88. The van der Waals surface area contributed by atoms with Gasteiger partial charge in [0.25, 0.3) is 0 Å². The van der Waals surface area contributed by atoms with E-state index in [9.17, 15) is 0 Å². The molecular formula is C10H8N2O. The molecule has 0 N–H and O–H groups in total. The number of fused-ring (bicyclic) bond motifs is 1. The second-order valence-corrected chi connectivity index (χ2v) is 2.78. The van der Waals surface area contributed by atoms with Gasteiger partial charge in [-0.3, -0.25) is 0 Å². The predicted octanol–water partition coefficient (Wildman–Crippen LogP) is 2.28. The number of hydrogen-bond acceptors (Lipinski definition) is 3. The first-order valence-electron chi connectivity index (χ1n) is 4.12. The molecule has 0 spiro atoms. The summed E-state index contributed by atoms with van der Waals surface area (Å²) in [7, 11) is 0. The molecule has 13 heavy (non-hydrogen) atoms. The summed E-state index contributed by atoms with van der Waals surface area (Å²) in [6, 6.07) is 9.76. The van der Waals surface area contributed by atoms with Crippen LogP contribution in [0.25, 0.3) is 11.0 Å². The zero-order chi connectivity index (χ0) is 9.10. The summed E-state index contributed by atoms with van der Waals surface area (Å²) in [6.45, 7) is 0. The Hall–Kier alpha value is -1.82. The van der Waals surface area contributed by atoms with E-state index in [1.807, 2.05) is 24.3 Å². The van der Waals surface area contributed by atoms with E-state index in [-0.39, 0.29) is 0 Å². The molecule has 2 rings (SSSR count). The first-order valence-corrected chi connectivity index (χ1v) is 4.12. The van der Waals surface area contributed by atoms with E-state index in [4.69, 9.17) is 9.78 Å². The number of benzene rings is 1. The lowest BCUT2D eigenvalue weighted by molar-refractivity contribution is 0.446. The van der Waals surface area contributed by atoms with Crippen molar-refractivity contribution in [2.75, 3.05) is 0 Å². The summed E-state index contributed by atoms with van der Waals surface area (Å²) in [5.41, 5.74) is 1.66. The maximum atomic E-state index is 8.43. The SMILES string of the molecule is N#CCCc1noc2ccccc12. The fourth-order valence-corrected chi connectivity index (χ4v) is 1.29. The molecule has 0 amide bonds. The molecule has 0 aliphatic rings. The van der Waals surface area contributed by atoms with Crippen LogP contribution in [0.15, 0.2) is 28.8 Å². The average molecular weight is 172 g/mol. The number of aromatic nitrogens is 1. The van der Waals surface area contributed by atoms with Crippen LogP contribution in [0.5, 0.6) is 0 Å². The third-order valence-electron chi connectivity index (χ3n) is 1.93. The van der Waals surface area contributed by atoms with Gasteiger partial charge in [0.1, 0.15) is 0 Å². The van der Waals surface area contributed by atoms with Crippen LogP contribution >= 0.6 is 0 Å². The molecule has 0 aliphatic carbocycles. The highest BCUT2D eigenvalue weighted by Crippen LogP contribution is 2.18. The third kappa shape index (κ3) is 1.38. The van der Waals surface area contributed by atoms with Crippen LogP contribution in [0.3, 0.4) is 0 Å². The molecule has 64 valence electrons. The van der Waals surface area contributed by atoms with Crippen molar-refractivity contribution in [3.63, 3.8) is 0 Å². The molecule has 0 bridgehead atoms. The largest absolute Gasteiger partial charge is 0.356 e. The smallest absolute Gasteiger partial charge is 0.167 e. The lowest BCUT2D eigenvalue weighted by atomic mass is 10.1. The number of nitriles is 1. The summed E-state index contributed by atoms with van der Waals surface area (Å²) in [6.07, 6.45) is 1.14. The first kappa shape index (κ1) is 7.81. The highest BCUT2D eigenvalue weighted by Gasteiger charge is 2.05. The minimum absolute atomic E-state index is 0.483. The van der Waals surface area contributed by atoms with Crippen molar-refractivity contribution in [3.8, 4) is 6.07 Å². The van der Waals surface area contributed by atoms with Crippen molar-refractivity contribution >= 4 is 11.0 Å². The first-order chi connectivity index (χ1) is 6.42. The molecular weight excluding hydrogens is 164 g/mol. The summed E-state index contributed by atoms with van der Waals surface area (Å²) in [5, 5.41) is 13.3. The minimum Gasteiger partial charge on any atom is -0.356 e. The van der Waals surface area contributed by atoms with Gasteiger partial charge in [0.05, 0.1) is 11.8 Å². The van der Waals surface area contributed by atoms with Crippen molar-refractivity contribution in [2.45, 2.75) is 12.8 Å². The number of para-hydroxylation sites is 1. The molecule has 3 heteroatoms. The van der Waals surface area contributed by atoms with Crippen LogP contribution in [-0.4, -0.2) is 5.16 Å². The fourth-order valence-electron chi connectivity index (χ4n) is 1.29. The maximum Gasteiger partial charge on any atom is 0.167 e. The summed E-state index contributed by atoms with van der Waals surface area (Å²) in [5.74, 6) is 0. The Kier molecular flexibility index (Phi) is 1.97. The Morgan fingerprint density at radius 3 is 3.08 bits per heavy atom. The molecule has 0 radical (unpaired) electrons. The molecule has 0 saturated carbocycles. The van der Waals surface area contributed by atoms with Gasteiger partial charge in [0, 0.05) is 18.2 Å².